The van der Waals surface area contributed by atoms with Crippen LogP contribution in [0.1, 0.15) is 89.0 Å². The first-order valence-electron chi connectivity index (χ1n) is 15.2. The van der Waals surface area contributed by atoms with Gasteiger partial charge in [0.15, 0.2) is 0 Å². The summed E-state index contributed by atoms with van der Waals surface area (Å²) in [6, 6.07) is 20.3. The number of nitrogens with zero attached hydrogens (tertiary/aromatic N) is 3. The van der Waals surface area contributed by atoms with Gasteiger partial charge in [-0.1, -0.05) is 87.4 Å². The van der Waals surface area contributed by atoms with Crippen LogP contribution in [-0.4, -0.2) is 42.7 Å². The lowest BCUT2D eigenvalue weighted by atomic mass is 9.91. The summed E-state index contributed by atoms with van der Waals surface area (Å²) >= 11 is 0. The standard InChI is InChI=1S/C33H49N5/c1-38(2)32-30-20-14-15-21-31(30)36-33(37-32)35-29-24-22-28(23-25-29)34-26-16-9-7-5-3-4-6-8-11-17-27-18-12-10-13-19-27/h10,12-15,18-21,28-29,34H,3-9,11,16-17,22-26H2,1-2H3,(H,35,36,37). The van der Waals surface area contributed by atoms with Gasteiger partial charge < -0.3 is 15.5 Å². The molecule has 1 heterocycles. The topological polar surface area (TPSA) is 53.1 Å². The van der Waals surface area contributed by atoms with Crippen LogP contribution in [0.5, 0.6) is 0 Å². The molecule has 1 aromatic heterocycles. The highest BCUT2D eigenvalue weighted by atomic mass is 15.2. The Balaban J connectivity index is 1.01. The molecule has 2 N–H and O–H groups in total. The number of fused-ring (bicyclic) bond motifs is 1. The lowest BCUT2D eigenvalue weighted by Crippen LogP contribution is -2.37. The van der Waals surface area contributed by atoms with Crippen molar-refractivity contribution in [2.45, 2.75) is 102 Å². The number of unbranched alkanes of at least 4 members (excludes halogenated alkanes) is 8. The van der Waals surface area contributed by atoms with Crippen LogP contribution in [0.15, 0.2) is 54.6 Å². The Labute approximate surface area is 230 Å². The molecule has 1 aliphatic rings. The zero-order valence-corrected chi connectivity index (χ0v) is 23.8. The van der Waals surface area contributed by atoms with Crippen molar-refractivity contribution in [1.29, 1.82) is 0 Å². The zero-order chi connectivity index (χ0) is 26.4. The number of para-hydroxylation sites is 1. The maximum Gasteiger partial charge on any atom is 0.225 e. The molecule has 5 nitrogen and oxygen atoms in total. The summed E-state index contributed by atoms with van der Waals surface area (Å²) in [7, 11) is 4.09. The van der Waals surface area contributed by atoms with E-state index in [4.69, 9.17) is 9.97 Å². The third kappa shape index (κ3) is 9.27. The van der Waals surface area contributed by atoms with Gasteiger partial charge in [0.05, 0.1) is 5.52 Å². The first-order valence-corrected chi connectivity index (χ1v) is 15.2. The minimum atomic E-state index is 0.461. The molecule has 1 aliphatic carbocycles. The van der Waals surface area contributed by atoms with Gasteiger partial charge in [0.2, 0.25) is 5.95 Å². The van der Waals surface area contributed by atoms with Crippen molar-refractivity contribution in [3.05, 3.63) is 60.2 Å². The fourth-order valence-electron chi connectivity index (χ4n) is 5.73. The van der Waals surface area contributed by atoms with Gasteiger partial charge in [-0.05, 0) is 69.2 Å². The summed E-state index contributed by atoms with van der Waals surface area (Å²) in [5, 5.41) is 8.56. The van der Waals surface area contributed by atoms with Gasteiger partial charge >= 0.3 is 0 Å². The summed E-state index contributed by atoms with van der Waals surface area (Å²) < 4.78 is 0. The summed E-state index contributed by atoms with van der Waals surface area (Å²) in [4.78, 5) is 11.7. The monoisotopic (exact) mass is 515 g/mol. The maximum atomic E-state index is 4.82. The van der Waals surface area contributed by atoms with Crippen molar-refractivity contribution >= 4 is 22.7 Å². The molecule has 0 amide bonds. The predicted molar refractivity (Wildman–Crippen MR) is 163 cm³/mol. The van der Waals surface area contributed by atoms with E-state index in [1.807, 2.05) is 20.2 Å². The number of nitrogens with one attached hydrogen (secondary N) is 2. The number of aromatic nitrogens is 2. The number of benzene rings is 2. The molecule has 3 aromatic rings. The smallest absolute Gasteiger partial charge is 0.225 e. The molecule has 0 spiro atoms. The van der Waals surface area contributed by atoms with Crippen molar-refractivity contribution in [2.24, 2.45) is 0 Å². The van der Waals surface area contributed by atoms with E-state index < -0.39 is 0 Å². The summed E-state index contributed by atoms with van der Waals surface area (Å²) in [5.74, 6) is 1.74. The average Bonchev–Trinajstić information content (AvgIpc) is 2.94. The highest BCUT2D eigenvalue weighted by Crippen LogP contribution is 2.26. The highest BCUT2D eigenvalue weighted by molar-refractivity contribution is 5.90. The van der Waals surface area contributed by atoms with Gasteiger partial charge in [0.1, 0.15) is 5.82 Å². The van der Waals surface area contributed by atoms with Crippen LogP contribution in [0.4, 0.5) is 11.8 Å². The molecule has 0 aliphatic heterocycles. The molecule has 0 bridgehead atoms. The quantitative estimate of drug-likeness (QED) is 0.191. The molecule has 0 unspecified atom stereocenters. The minimum absolute atomic E-state index is 0.461. The van der Waals surface area contributed by atoms with Gasteiger partial charge in [-0.25, -0.2) is 4.98 Å². The third-order valence-corrected chi connectivity index (χ3v) is 7.99. The third-order valence-electron chi connectivity index (χ3n) is 7.99. The van der Waals surface area contributed by atoms with E-state index in [0.717, 1.165) is 22.7 Å². The van der Waals surface area contributed by atoms with E-state index in [1.54, 1.807) is 0 Å². The second-order valence-corrected chi connectivity index (χ2v) is 11.3. The Morgan fingerprint density at radius 1 is 0.684 bits per heavy atom. The lowest BCUT2D eigenvalue weighted by molar-refractivity contribution is 0.350. The molecule has 0 saturated heterocycles. The molecule has 0 atom stereocenters. The number of anilines is 2. The summed E-state index contributed by atoms with van der Waals surface area (Å²) in [5.41, 5.74) is 2.49. The van der Waals surface area contributed by atoms with Crippen LogP contribution in [0.2, 0.25) is 0 Å². The molecule has 2 aromatic carbocycles. The summed E-state index contributed by atoms with van der Waals surface area (Å²) in [6.07, 6.45) is 18.5. The van der Waals surface area contributed by atoms with E-state index in [1.165, 1.54) is 102 Å². The van der Waals surface area contributed by atoms with Crippen molar-refractivity contribution < 1.29 is 0 Å². The molecule has 1 saturated carbocycles. The van der Waals surface area contributed by atoms with Crippen LogP contribution < -0.4 is 15.5 Å². The number of hydrogen-bond donors (Lipinski definition) is 2. The molecular formula is C33H49N5. The van der Waals surface area contributed by atoms with Gasteiger partial charge in [0, 0.05) is 31.6 Å². The first-order chi connectivity index (χ1) is 18.7. The van der Waals surface area contributed by atoms with Crippen LogP contribution in [0, 0.1) is 0 Å². The molecule has 1 fully saturated rings. The SMILES string of the molecule is CN(C)c1nc(NC2CCC(NCCCCCCCCCCCc3ccccc3)CC2)nc2ccccc12. The minimum Gasteiger partial charge on any atom is -0.362 e. The average molecular weight is 516 g/mol. The number of hydrogen-bond acceptors (Lipinski definition) is 5. The lowest BCUT2D eigenvalue weighted by Gasteiger charge is -2.30. The van der Waals surface area contributed by atoms with Gasteiger partial charge in [-0.3, -0.25) is 0 Å². The number of aryl methyl sites for hydroxylation is 1. The summed E-state index contributed by atoms with van der Waals surface area (Å²) in [6.45, 7) is 1.17. The Kier molecular flexibility index (Phi) is 11.7. The Morgan fingerprint density at radius 3 is 2.00 bits per heavy atom. The van der Waals surface area contributed by atoms with Crippen molar-refractivity contribution in [1.82, 2.24) is 15.3 Å². The van der Waals surface area contributed by atoms with Crippen molar-refractivity contribution in [3.8, 4) is 0 Å². The van der Waals surface area contributed by atoms with Gasteiger partial charge in [0.25, 0.3) is 0 Å². The normalized spacial score (nSPS) is 17.5. The first kappa shape index (κ1) is 28.4. The van der Waals surface area contributed by atoms with Crippen molar-refractivity contribution in [2.75, 3.05) is 30.9 Å². The molecule has 38 heavy (non-hydrogen) atoms. The van der Waals surface area contributed by atoms with Crippen LogP contribution in [0.3, 0.4) is 0 Å². The fraction of sp³-hybridized carbons (Fsp3) is 0.576. The Bertz CT molecular complexity index is 1060. The highest BCUT2D eigenvalue weighted by Gasteiger charge is 2.21. The molecule has 4 rings (SSSR count). The van der Waals surface area contributed by atoms with E-state index >= 15 is 0 Å². The van der Waals surface area contributed by atoms with E-state index in [0.29, 0.717) is 12.1 Å². The predicted octanol–water partition coefficient (Wildman–Crippen LogP) is 7.76. The van der Waals surface area contributed by atoms with Gasteiger partial charge in [-0.15, -0.1) is 0 Å². The van der Waals surface area contributed by atoms with Crippen molar-refractivity contribution in [3.63, 3.8) is 0 Å². The second-order valence-electron chi connectivity index (χ2n) is 11.3. The maximum absolute atomic E-state index is 4.82. The molecular weight excluding hydrogens is 466 g/mol. The largest absolute Gasteiger partial charge is 0.362 e. The molecule has 0 radical (unpaired) electrons. The fourth-order valence-corrected chi connectivity index (χ4v) is 5.73. The zero-order valence-electron chi connectivity index (χ0n) is 23.8. The number of rotatable bonds is 16. The Morgan fingerprint density at radius 2 is 1.29 bits per heavy atom. The van der Waals surface area contributed by atoms with Crippen LogP contribution in [0.25, 0.3) is 10.9 Å². The molecule has 5 heteroatoms. The Hall–Kier alpha value is -2.66. The van der Waals surface area contributed by atoms with Crippen LogP contribution in [-0.2, 0) is 6.42 Å². The molecule has 206 valence electrons. The van der Waals surface area contributed by atoms with E-state index in [-0.39, 0.29) is 0 Å². The van der Waals surface area contributed by atoms with E-state index in [9.17, 15) is 0 Å². The van der Waals surface area contributed by atoms with Crippen LogP contribution >= 0.6 is 0 Å². The van der Waals surface area contributed by atoms with E-state index in [2.05, 4.69) is 64.1 Å². The van der Waals surface area contributed by atoms with Gasteiger partial charge in [-0.2, -0.15) is 4.98 Å². The second kappa shape index (κ2) is 15.7.